The lowest BCUT2D eigenvalue weighted by Gasteiger charge is -2.33. The predicted octanol–water partition coefficient (Wildman–Crippen LogP) is 3.31. The quantitative estimate of drug-likeness (QED) is 0.633. The van der Waals surface area contributed by atoms with Crippen molar-refractivity contribution in [2.24, 2.45) is 0 Å². The van der Waals surface area contributed by atoms with Crippen LogP contribution >= 0.6 is 22.6 Å². The van der Waals surface area contributed by atoms with Gasteiger partial charge in [-0.25, -0.2) is 8.42 Å². The molecule has 1 aliphatic rings. The van der Waals surface area contributed by atoms with Gasteiger partial charge in [0.25, 0.3) is 0 Å². The number of sulfonamides is 1. The van der Waals surface area contributed by atoms with Gasteiger partial charge in [0.2, 0.25) is 10.0 Å². The summed E-state index contributed by atoms with van der Waals surface area (Å²) >= 11 is 2.18. The van der Waals surface area contributed by atoms with E-state index in [2.05, 4.69) is 51.8 Å². The van der Waals surface area contributed by atoms with Gasteiger partial charge in [0.15, 0.2) is 0 Å². The number of rotatable bonds is 5. The van der Waals surface area contributed by atoms with Gasteiger partial charge in [-0.3, -0.25) is 4.90 Å². The zero-order valence-electron chi connectivity index (χ0n) is 13.9. The highest BCUT2D eigenvalue weighted by Gasteiger charge is 2.27. The summed E-state index contributed by atoms with van der Waals surface area (Å²) < 4.78 is 28.0. The van der Waals surface area contributed by atoms with E-state index < -0.39 is 10.0 Å². The highest BCUT2D eigenvalue weighted by Crippen LogP contribution is 2.19. The molecular formula is C19H21IN2O2S. The monoisotopic (exact) mass is 468 g/mol. The van der Waals surface area contributed by atoms with Gasteiger partial charge in [-0.05, 0) is 52.4 Å². The maximum atomic E-state index is 12.7. The molecule has 0 aliphatic carbocycles. The molecule has 6 heteroatoms. The average Bonchev–Trinajstić information content (AvgIpc) is 2.63. The maximum Gasteiger partial charge on any atom is 0.243 e. The van der Waals surface area contributed by atoms with Crippen LogP contribution < -0.4 is 0 Å². The topological polar surface area (TPSA) is 40.6 Å². The molecular weight excluding hydrogens is 447 g/mol. The Kier molecular flexibility index (Phi) is 6.27. The SMILES string of the molecule is O=S(=O)(c1ccc(I)cc1)N1CCN(C/C=C/c2ccccc2)CC1. The van der Waals surface area contributed by atoms with E-state index in [0.717, 1.165) is 23.2 Å². The van der Waals surface area contributed by atoms with E-state index in [0.29, 0.717) is 18.0 Å². The predicted molar refractivity (Wildman–Crippen MR) is 110 cm³/mol. The van der Waals surface area contributed by atoms with E-state index in [1.807, 2.05) is 30.3 Å². The second kappa shape index (κ2) is 8.44. The van der Waals surface area contributed by atoms with Crippen molar-refractivity contribution in [3.8, 4) is 0 Å². The van der Waals surface area contributed by atoms with E-state index in [-0.39, 0.29) is 0 Å². The van der Waals surface area contributed by atoms with Gasteiger partial charge >= 0.3 is 0 Å². The van der Waals surface area contributed by atoms with E-state index >= 15 is 0 Å². The van der Waals surface area contributed by atoms with Crippen molar-refractivity contribution >= 4 is 38.7 Å². The number of hydrogen-bond acceptors (Lipinski definition) is 3. The van der Waals surface area contributed by atoms with Crippen molar-refractivity contribution in [2.75, 3.05) is 32.7 Å². The third-order valence-electron chi connectivity index (χ3n) is 4.26. The van der Waals surface area contributed by atoms with Crippen LogP contribution in [0.2, 0.25) is 0 Å². The summed E-state index contributed by atoms with van der Waals surface area (Å²) in [5.74, 6) is 0. The molecule has 0 N–H and O–H groups in total. The largest absolute Gasteiger partial charge is 0.297 e. The third kappa shape index (κ3) is 4.91. The molecule has 1 heterocycles. The molecule has 0 amide bonds. The Balaban J connectivity index is 1.54. The van der Waals surface area contributed by atoms with Gasteiger partial charge in [0.05, 0.1) is 4.90 Å². The molecule has 3 rings (SSSR count). The number of benzene rings is 2. The first-order valence-electron chi connectivity index (χ1n) is 8.25. The molecule has 0 unspecified atom stereocenters. The lowest BCUT2D eigenvalue weighted by Crippen LogP contribution is -2.48. The van der Waals surface area contributed by atoms with Crippen LogP contribution in [0.15, 0.2) is 65.6 Å². The molecule has 2 aromatic carbocycles. The van der Waals surface area contributed by atoms with Crippen molar-refractivity contribution in [1.29, 1.82) is 0 Å². The Morgan fingerprint density at radius 3 is 2.20 bits per heavy atom. The van der Waals surface area contributed by atoms with E-state index in [1.165, 1.54) is 5.56 Å². The van der Waals surface area contributed by atoms with Gasteiger partial charge in [-0.15, -0.1) is 0 Å². The van der Waals surface area contributed by atoms with Crippen LogP contribution in [-0.2, 0) is 10.0 Å². The lowest BCUT2D eigenvalue weighted by atomic mass is 10.2. The standard InChI is InChI=1S/C19H21IN2O2S/c20-18-8-10-19(11-9-18)25(23,24)22-15-13-21(14-16-22)12-4-7-17-5-2-1-3-6-17/h1-11H,12-16H2/b7-4+. The van der Waals surface area contributed by atoms with Crippen molar-refractivity contribution < 1.29 is 8.42 Å². The van der Waals surface area contributed by atoms with Crippen molar-refractivity contribution in [1.82, 2.24) is 9.21 Å². The fraction of sp³-hybridized carbons (Fsp3) is 0.263. The fourth-order valence-corrected chi connectivity index (χ4v) is 4.59. The van der Waals surface area contributed by atoms with Crippen LogP contribution in [0.1, 0.15) is 5.56 Å². The van der Waals surface area contributed by atoms with Gasteiger partial charge in [0.1, 0.15) is 0 Å². The molecule has 0 radical (unpaired) electrons. The van der Waals surface area contributed by atoms with E-state index in [4.69, 9.17) is 0 Å². The summed E-state index contributed by atoms with van der Waals surface area (Å²) in [4.78, 5) is 2.66. The van der Waals surface area contributed by atoms with Gasteiger partial charge in [0, 0.05) is 36.3 Å². The van der Waals surface area contributed by atoms with Gasteiger partial charge in [-0.1, -0.05) is 42.5 Å². The summed E-state index contributed by atoms with van der Waals surface area (Å²) in [6.45, 7) is 3.42. The molecule has 25 heavy (non-hydrogen) atoms. The zero-order valence-corrected chi connectivity index (χ0v) is 16.9. The molecule has 2 aromatic rings. The highest BCUT2D eigenvalue weighted by atomic mass is 127. The Morgan fingerprint density at radius 2 is 1.56 bits per heavy atom. The first kappa shape index (κ1) is 18.6. The Bertz CT molecular complexity index is 812. The summed E-state index contributed by atoms with van der Waals surface area (Å²) in [6, 6.07) is 17.2. The second-order valence-electron chi connectivity index (χ2n) is 5.97. The molecule has 132 valence electrons. The van der Waals surface area contributed by atoms with Crippen LogP contribution in [0.25, 0.3) is 6.08 Å². The molecule has 1 saturated heterocycles. The number of hydrogen-bond donors (Lipinski definition) is 0. The van der Waals surface area contributed by atoms with Crippen molar-refractivity contribution in [3.63, 3.8) is 0 Å². The normalized spacial score (nSPS) is 17.2. The lowest BCUT2D eigenvalue weighted by molar-refractivity contribution is 0.204. The third-order valence-corrected chi connectivity index (χ3v) is 6.89. The summed E-state index contributed by atoms with van der Waals surface area (Å²) in [5, 5.41) is 0. The first-order chi connectivity index (χ1) is 12.1. The van der Waals surface area contributed by atoms with Crippen molar-refractivity contribution in [3.05, 3.63) is 69.8 Å². The molecule has 1 aliphatic heterocycles. The van der Waals surface area contributed by atoms with Crippen LogP contribution in [0.5, 0.6) is 0 Å². The van der Waals surface area contributed by atoms with Crippen molar-refractivity contribution in [2.45, 2.75) is 4.90 Å². The van der Waals surface area contributed by atoms with E-state index in [9.17, 15) is 8.42 Å². The Labute approximate surface area is 163 Å². The second-order valence-corrected chi connectivity index (χ2v) is 9.16. The van der Waals surface area contributed by atoms with Crippen LogP contribution in [0.4, 0.5) is 0 Å². The molecule has 0 saturated carbocycles. The van der Waals surface area contributed by atoms with Crippen LogP contribution in [-0.4, -0.2) is 50.3 Å². The van der Waals surface area contributed by atoms with Crippen LogP contribution in [0.3, 0.4) is 0 Å². The number of nitrogens with zero attached hydrogens (tertiary/aromatic N) is 2. The number of halogens is 1. The Hall–Kier alpha value is -1.22. The fourth-order valence-electron chi connectivity index (χ4n) is 2.81. The molecule has 0 spiro atoms. The van der Waals surface area contributed by atoms with Gasteiger partial charge < -0.3 is 0 Å². The minimum absolute atomic E-state index is 0.380. The van der Waals surface area contributed by atoms with E-state index in [1.54, 1.807) is 16.4 Å². The Morgan fingerprint density at radius 1 is 0.920 bits per heavy atom. The van der Waals surface area contributed by atoms with Gasteiger partial charge in [-0.2, -0.15) is 4.31 Å². The molecule has 0 aromatic heterocycles. The average molecular weight is 468 g/mol. The molecule has 0 bridgehead atoms. The first-order valence-corrected chi connectivity index (χ1v) is 10.8. The number of piperazine rings is 1. The summed E-state index contributed by atoms with van der Waals surface area (Å²) in [6.07, 6.45) is 4.24. The zero-order chi connectivity index (χ0) is 17.7. The summed E-state index contributed by atoms with van der Waals surface area (Å²) in [7, 11) is -3.38. The molecule has 0 atom stereocenters. The van der Waals surface area contributed by atoms with Crippen LogP contribution in [0, 0.1) is 3.57 Å². The molecule has 4 nitrogen and oxygen atoms in total. The smallest absolute Gasteiger partial charge is 0.243 e. The minimum Gasteiger partial charge on any atom is -0.297 e. The minimum atomic E-state index is -3.38. The maximum absolute atomic E-state index is 12.7. The highest BCUT2D eigenvalue weighted by molar-refractivity contribution is 14.1. The summed E-state index contributed by atoms with van der Waals surface area (Å²) in [5.41, 5.74) is 1.18. The molecule has 1 fully saturated rings.